The quantitative estimate of drug-likeness (QED) is 0.119. The fraction of sp³-hybridized carbons (Fsp3) is 1.00. The molecule has 0 aliphatic heterocycles. The minimum atomic E-state index is 0.357. The minimum absolute atomic E-state index is 0.357. The van der Waals surface area contributed by atoms with Gasteiger partial charge in [0.15, 0.2) is 0 Å². The zero-order valence-electron chi connectivity index (χ0n) is 26.9. The van der Waals surface area contributed by atoms with Crippen LogP contribution < -0.4 is 16.4 Å². The van der Waals surface area contributed by atoms with Crippen LogP contribution in [0.25, 0.3) is 0 Å². The van der Waals surface area contributed by atoms with Crippen LogP contribution in [-0.4, -0.2) is 24.8 Å². The average Bonchev–Trinajstić information content (AvgIpc) is 2.92. The number of nitrogens with two attached hydrogens (primary N) is 1. The topological polar surface area (TPSA) is 50.1 Å². The highest BCUT2D eigenvalue weighted by Gasteiger charge is 2.27. The lowest BCUT2D eigenvalue weighted by atomic mass is 9.75. The smallest absolute Gasteiger partial charge is 0.0546 e. The molecule has 0 bridgehead atoms. The van der Waals surface area contributed by atoms with Crippen molar-refractivity contribution >= 4 is 0 Å². The van der Waals surface area contributed by atoms with Gasteiger partial charge in [0.2, 0.25) is 0 Å². The number of hydrogen-bond donors (Lipinski definition) is 3. The van der Waals surface area contributed by atoms with E-state index in [9.17, 15) is 0 Å². The van der Waals surface area contributed by atoms with E-state index in [0.717, 1.165) is 24.3 Å². The van der Waals surface area contributed by atoms with E-state index in [2.05, 4.69) is 52.2 Å². The first-order valence-electron chi connectivity index (χ1n) is 16.7. The summed E-state index contributed by atoms with van der Waals surface area (Å²) in [4.78, 5) is 0. The summed E-state index contributed by atoms with van der Waals surface area (Å²) in [6.07, 6.45) is 20.8. The van der Waals surface area contributed by atoms with E-state index in [1.54, 1.807) is 0 Å². The van der Waals surface area contributed by atoms with Gasteiger partial charge in [0, 0.05) is 12.1 Å². The van der Waals surface area contributed by atoms with Gasteiger partial charge in [0.1, 0.15) is 0 Å². The Morgan fingerprint density at radius 2 is 1.36 bits per heavy atom. The summed E-state index contributed by atoms with van der Waals surface area (Å²) in [6, 6.07) is 1.16. The van der Waals surface area contributed by atoms with E-state index in [1.165, 1.54) is 96.3 Å². The monoisotopic (exact) mass is 512 g/mol. The van der Waals surface area contributed by atoms with Crippen molar-refractivity contribution in [3.05, 3.63) is 0 Å². The molecule has 0 spiro atoms. The molecular formula is C33H73N3. The number of nitrogens with one attached hydrogen (secondary N) is 2. The number of unbranched alkanes of at least 4 members (excludes halogenated alkanes) is 2. The Morgan fingerprint density at radius 3 is 1.89 bits per heavy atom. The van der Waals surface area contributed by atoms with Crippen LogP contribution in [-0.2, 0) is 0 Å². The van der Waals surface area contributed by atoms with Crippen molar-refractivity contribution in [2.45, 2.75) is 184 Å². The Bertz CT molecular complexity index is 421. The molecule has 3 heteroatoms. The third-order valence-corrected chi connectivity index (χ3v) is 8.47. The summed E-state index contributed by atoms with van der Waals surface area (Å²) in [7, 11) is 0. The van der Waals surface area contributed by atoms with Crippen molar-refractivity contribution in [3.63, 3.8) is 0 Å². The lowest BCUT2D eigenvalue weighted by Gasteiger charge is -2.35. The highest BCUT2D eigenvalue weighted by atomic mass is 15.1. The third-order valence-electron chi connectivity index (χ3n) is 8.47. The van der Waals surface area contributed by atoms with Crippen LogP contribution in [0, 0.1) is 23.7 Å². The highest BCUT2D eigenvalue weighted by Crippen LogP contribution is 2.34. The van der Waals surface area contributed by atoms with Gasteiger partial charge in [-0.2, -0.15) is 0 Å². The van der Waals surface area contributed by atoms with Crippen molar-refractivity contribution in [2.24, 2.45) is 29.4 Å². The van der Waals surface area contributed by atoms with Gasteiger partial charge in [-0.25, -0.2) is 0 Å². The molecule has 1 aliphatic rings. The molecule has 1 saturated carbocycles. The molecule has 0 saturated heterocycles. The van der Waals surface area contributed by atoms with Crippen LogP contribution in [0.3, 0.4) is 0 Å². The van der Waals surface area contributed by atoms with E-state index in [1.807, 2.05) is 27.7 Å². The van der Waals surface area contributed by atoms with E-state index < -0.39 is 0 Å². The Hall–Kier alpha value is -0.120. The molecular weight excluding hydrogens is 438 g/mol. The van der Waals surface area contributed by atoms with Crippen LogP contribution in [0.2, 0.25) is 0 Å². The van der Waals surface area contributed by atoms with E-state index >= 15 is 0 Å². The molecule has 36 heavy (non-hydrogen) atoms. The van der Waals surface area contributed by atoms with Gasteiger partial charge >= 0.3 is 0 Å². The normalized spacial score (nSPS) is 19.1. The van der Waals surface area contributed by atoms with E-state index in [0.29, 0.717) is 24.2 Å². The zero-order valence-corrected chi connectivity index (χ0v) is 26.9. The zero-order chi connectivity index (χ0) is 27.8. The summed E-state index contributed by atoms with van der Waals surface area (Å²) in [5.74, 6) is 3.23. The molecule has 0 amide bonds. The summed E-state index contributed by atoms with van der Waals surface area (Å²) < 4.78 is 0. The standard InChI is InChI=1S/C29H61N3.2C2H6/c1-7-16-28(20-15-10-12-17-23(4)8-2)31-25(6)32-29(9-3)27(22-30)21-24(5)26-18-13-11-14-19-26;2*1-2/h23-29,31-32H,7-22,30H2,1-6H3;2*1-2H3. The lowest BCUT2D eigenvalue weighted by Crippen LogP contribution is -2.52. The van der Waals surface area contributed by atoms with Crippen LogP contribution >= 0.6 is 0 Å². The summed E-state index contributed by atoms with van der Waals surface area (Å²) in [6.45, 7) is 23.0. The first-order valence-corrected chi connectivity index (χ1v) is 16.7. The Morgan fingerprint density at radius 1 is 0.750 bits per heavy atom. The van der Waals surface area contributed by atoms with Crippen molar-refractivity contribution in [1.29, 1.82) is 0 Å². The predicted molar refractivity (Wildman–Crippen MR) is 167 cm³/mol. The maximum atomic E-state index is 6.32. The number of hydrogen-bond acceptors (Lipinski definition) is 3. The SMILES string of the molecule is CC.CC.CCCC(CCCCCC(C)CC)NC(C)NC(CC)C(CN)CC(C)C1CCCCC1. The minimum Gasteiger partial charge on any atom is -0.330 e. The van der Waals surface area contributed by atoms with Crippen molar-refractivity contribution in [2.75, 3.05) is 6.54 Å². The Labute approximate surface area is 230 Å². The van der Waals surface area contributed by atoms with Gasteiger partial charge in [-0.15, -0.1) is 0 Å². The Kier molecular flexibility index (Phi) is 28.0. The second-order valence-corrected chi connectivity index (χ2v) is 11.3. The average molecular weight is 512 g/mol. The predicted octanol–water partition coefficient (Wildman–Crippen LogP) is 9.69. The van der Waals surface area contributed by atoms with Gasteiger partial charge in [0.25, 0.3) is 0 Å². The summed E-state index contributed by atoms with van der Waals surface area (Å²) >= 11 is 0. The molecule has 1 fully saturated rings. The summed E-state index contributed by atoms with van der Waals surface area (Å²) in [5, 5.41) is 7.89. The van der Waals surface area contributed by atoms with Gasteiger partial charge in [-0.3, -0.25) is 10.6 Å². The maximum absolute atomic E-state index is 6.32. The molecule has 3 nitrogen and oxygen atoms in total. The second-order valence-electron chi connectivity index (χ2n) is 11.3. The van der Waals surface area contributed by atoms with Crippen molar-refractivity contribution in [3.8, 4) is 0 Å². The molecule has 6 unspecified atom stereocenters. The number of rotatable bonds is 19. The molecule has 220 valence electrons. The second kappa shape index (κ2) is 26.5. The maximum Gasteiger partial charge on any atom is 0.0546 e. The van der Waals surface area contributed by atoms with Crippen LogP contribution in [0.1, 0.15) is 166 Å². The van der Waals surface area contributed by atoms with Crippen LogP contribution in [0.4, 0.5) is 0 Å². The lowest BCUT2D eigenvalue weighted by molar-refractivity contribution is 0.193. The molecule has 6 atom stereocenters. The first-order chi connectivity index (χ1) is 17.4. The molecule has 1 rings (SSSR count). The largest absolute Gasteiger partial charge is 0.330 e. The van der Waals surface area contributed by atoms with Crippen LogP contribution in [0.5, 0.6) is 0 Å². The molecule has 0 heterocycles. The fourth-order valence-electron chi connectivity index (χ4n) is 6.03. The van der Waals surface area contributed by atoms with Crippen molar-refractivity contribution in [1.82, 2.24) is 10.6 Å². The third kappa shape index (κ3) is 18.2. The van der Waals surface area contributed by atoms with Gasteiger partial charge < -0.3 is 5.73 Å². The van der Waals surface area contributed by atoms with E-state index in [4.69, 9.17) is 5.73 Å². The highest BCUT2D eigenvalue weighted by molar-refractivity contribution is 4.83. The molecule has 0 aromatic carbocycles. The van der Waals surface area contributed by atoms with E-state index in [-0.39, 0.29) is 0 Å². The Balaban J connectivity index is 0. The fourth-order valence-corrected chi connectivity index (χ4v) is 6.03. The van der Waals surface area contributed by atoms with Crippen LogP contribution in [0.15, 0.2) is 0 Å². The summed E-state index contributed by atoms with van der Waals surface area (Å²) in [5.41, 5.74) is 6.32. The molecule has 0 aromatic heterocycles. The van der Waals surface area contributed by atoms with Gasteiger partial charge in [-0.1, -0.05) is 133 Å². The molecule has 1 aliphatic carbocycles. The van der Waals surface area contributed by atoms with Gasteiger partial charge in [-0.05, 0) is 62.8 Å². The molecule has 4 N–H and O–H groups in total. The first kappa shape index (κ1) is 38.0. The van der Waals surface area contributed by atoms with Crippen molar-refractivity contribution < 1.29 is 0 Å². The molecule has 0 radical (unpaired) electrons. The molecule has 0 aromatic rings. The van der Waals surface area contributed by atoms with Gasteiger partial charge in [0.05, 0.1) is 6.17 Å².